The fourth-order valence-electron chi connectivity index (χ4n) is 1.01. The largest absolute Gasteiger partial charge is 0.285 e. The van der Waals surface area contributed by atoms with Gasteiger partial charge in [0.1, 0.15) is 0 Å². The smallest absolute Gasteiger partial charge is 0.0661 e. The van der Waals surface area contributed by atoms with Gasteiger partial charge in [0.05, 0.1) is 5.71 Å². The third-order valence-electron chi connectivity index (χ3n) is 1.50. The van der Waals surface area contributed by atoms with Gasteiger partial charge in [-0.1, -0.05) is 18.2 Å². The average molecular weight is 160 g/mol. The van der Waals surface area contributed by atoms with Crippen molar-refractivity contribution in [2.24, 2.45) is 9.98 Å². The van der Waals surface area contributed by atoms with Crippen molar-refractivity contribution in [2.75, 3.05) is 6.54 Å². The van der Waals surface area contributed by atoms with Crippen molar-refractivity contribution >= 4 is 12.4 Å². The maximum absolute atomic E-state index is 4.31. The van der Waals surface area contributed by atoms with Crippen molar-refractivity contribution < 1.29 is 0 Å². The van der Waals surface area contributed by atoms with Crippen LogP contribution >= 0.6 is 0 Å². The molecule has 2 heteroatoms. The van der Waals surface area contributed by atoms with E-state index in [9.17, 15) is 0 Å². The summed E-state index contributed by atoms with van der Waals surface area (Å²) in [4.78, 5) is 8.02. The molecule has 0 unspecified atom stereocenters. The zero-order valence-corrected chi connectivity index (χ0v) is 7.20. The van der Waals surface area contributed by atoms with Crippen LogP contribution in [0.5, 0.6) is 0 Å². The van der Waals surface area contributed by atoms with E-state index in [1.54, 1.807) is 6.20 Å². The number of allylic oxidation sites excluding steroid dienone is 5. The Hall–Kier alpha value is -1.44. The molecule has 0 heterocycles. The number of aliphatic imine (C=N–C) groups is 2. The maximum atomic E-state index is 4.31. The molecule has 0 saturated heterocycles. The molecule has 0 amide bonds. The second-order valence-corrected chi connectivity index (χ2v) is 2.34. The van der Waals surface area contributed by atoms with E-state index in [0.29, 0.717) is 0 Å². The van der Waals surface area contributed by atoms with Crippen LogP contribution in [-0.2, 0) is 0 Å². The van der Waals surface area contributed by atoms with Crippen molar-refractivity contribution in [1.82, 2.24) is 0 Å². The molecule has 2 nitrogen and oxygen atoms in total. The van der Waals surface area contributed by atoms with E-state index in [2.05, 4.69) is 16.7 Å². The average Bonchev–Trinajstić information content (AvgIpc) is 2.09. The van der Waals surface area contributed by atoms with Gasteiger partial charge in [0, 0.05) is 18.3 Å². The molecule has 0 fully saturated rings. The van der Waals surface area contributed by atoms with Crippen LogP contribution < -0.4 is 0 Å². The zero-order valence-electron chi connectivity index (χ0n) is 7.20. The van der Waals surface area contributed by atoms with E-state index in [-0.39, 0.29) is 0 Å². The lowest BCUT2D eigenvalue weighted by molar-refractivity contribution is 1.13. The highest BCUT2D eigenvalue weighted by atomic mass is 14.7. The number of rotatable bonds is 2. The van der Waals surface area contributed by atoms with Crippen LogP contribution in [0, 0.1) is 0 Å². The molecule has 0 radical (unpaired) electrons. The third-order valence-corrected chi connectivity index (χ3v) is 1.50. The normalized spacial score (nSPS) is 22.1. The van der Waals surface area contributed by atoms with Gasteiger partial charge in [0.15, 0.2) is 0 Å². The number of hydrogen-bond donors (Lipinski definition) is 0. The molecular formula is C10H12N2. The Balaban J connectivity index is 2.92. The molecule has 0 aromatic carbocycles. The van der Waals surface area contributed by atoms with Crippen LogP contribution in [0.2, 0.25) is 0 Å². The Morgan fingerprint density at radius 1 is 1.42 bits per heavy atom. The molecule has 1 rings (SSSR count). The van der Waals surface area contributed by atoms with Crippen LogP contribution in [0.3, 0.4) is 0 Å². The van der Waals surface area contributed by atoms with Crippen molar-refractivity contribution in [3.8, 4) is 0 Å². The fourth-order valence-corrected chi connectivity index (χ4v) is 1.01. The molecule has 0 aromatic heterocycles. The second kappa shape index (κ2) is 4.44. The summed E-state index contributed by atoms with van der Waals surface area (Å²) in [6.45, 7) is 6.22. The predicted octanol–water partition coefficient (Wildman–Crippen LogP) is 2.16. The molecule has 0 aliphatic heterocycles. The van der Waals surface area contributed by atoms with Crippen LogP contribution in [0.25, 0.3) is 0 Å². The third kappa shape index (κ3) is 2.02. The van der Waals surface area contributed by atoms with Gasteiger partial charge in [-0.15, -0.1) is 0 Å². The summed E-state index contributed by atoms with van der Waals surface area (Å²) in [5.74, 6) is 0. The molecule has 62 valence electrons. The Morgan fingerprint density at radius 3 is 2.83 bits per heavy atom. The molecule has 0 spiro atoms. The summed E-state index contributed by atoms with van der Waals surface area (Å²) >= 11 is 0. The molecule has 1 aliphatic carbocycles. The summed E-state index contributed by atoms with van der Waals surface area (Å²) in [6, 6.07) is 0. The first-order chi connectivity index (χ1) is 5.88. The maximum Gasteiger partial charge on any atom is 0.0661 e. The first-order valence-corrected chi connectivity index (χ1v) is 3.94. The van der Waals surface area contributed by atoms with Crippen molar-refractivity contribution in [2.45, 2.75) is 6.92 Å². The monoisotopic (exact) mass is 160 g/mol. The highest BCUT2D eigenvalue weighted by Crippen LogP contribution is 2.08. The lowest BCUT2D eigenvalue weighted by atomic mass is 10.1. The van der Waals surface area contributed by atoms with Crippen LogP contribution in [0.4, 0.5) is 0 Å². The number of nitrogens with zero attached hydrogens (tertiary/aromatic N) is 2. The Morgan fingerprint density at radius 2 is 2.17 bits per heavy atom. The Kier molecular flexibility index (Phi) is 3.20. The van der Waals surface area contributed by atoms with E-state index in [1.165, 1.54) is 0 Å². The van der Waals surface area contributed by atoms with Gasteiger partial charge in [0.2, 0.25) is 0 Å². The van der Waals surface area contributed by atoms with E-state index < -0.39 is 0 Å². The minimum atomic E-state index is 0.794. The molecule has 0 N–H and O–H groups in total. The van der Waals surface area contributed by atoms with Crippen molar-refractivity contribution in [3.63, 3.8) is 0 Å². The van der Waals surface area contributed by atoms with Gasteiger partial charge < -0.3 is 0 Å². The molecule has 0 atom stereocenters. The summed E-state index contributed by atoms with van der Waals surface area (Å²) in [6.07, 6.45) is 9.60. The van der Waals surface area contributed by atoms with E-state index in [1.807, 2.05) is 31.2 Å². The lowest BCUT2D eigenvalue weighted by Crippen LogP contribution is -2.00. The SMILES string of the molecule is C=N/C=C1/C=CC=CC1=NCC. The summed E-state index contributed by atoms with van der Waals surface area (Å²) < 4.78 is 0. The van der Waals surface area contributed by atoms with Gasteiger partial charge in [-0.2, -0.15) is 0 Å². The molecule has 12 heavy (non-hydrogen) atoms. The molecule has 0 saturated carbocycles. The highest BCUT2D eigenvalue weighted by Gasteiger charge is 2.01. The minimum Gasteiger partial charge on any atom is -0.285 e. The second-order valence-electron chi connectivity index (χ2n) is 2.34. The topological polar surface area (TPSA) is 24.7 Å². The minimum absolute atomic E-state index is 0.794. The first kappa shape index (κ1) is 8.65. The van der Waals surface area contributed by atoms with Gasteiger partial charge in [-0.25, -0.2) is 0 Å². The first-order valence-electron chi connectivity index (χ1n) is 3.94. The van der Waals surface area contributed by atoms with E-state index >= 15 is 0 Å². The summed E-state index contributed by atoms with van der Waals surface area (Å²) in [7, 11) is 0. The Labute approximate surface area is 72.7 Å². The molecule has 1 aliphatic rings. The van der Waals surface area contributed by atoms with E-state index in [0.717, 1.165) is 17.8 Å². The van der Waals surface area contributed by atoms with E-state index in [4.69, 9.17) is 0 Å². The molecular weight excluding hydrogens is 148 g/mol. The fraction of sp³-hybridized carbons (Fsp3) is 0.200. The quantitative estimate of drug-likeness (QED) is 0.553. The van der Waals surface area contributed by atoms with Crippen molar-refractivity contribution in [1.29, 1.82) is 0 Å². The summed E-state index contributed by atoms with van der Waals surface area (Å²) in [5.41, 5.74) is 2.00. The van der Waals surface area contributed by atoms with Crippen LogP contribution in [0.15, 0.2) is 46.1 Å². The van der Waals surface area contributed by atoms with Crippen LogP contribution in [-0.4, -0.2) is 19.0 Å². The molecule has 0 bridgehead atoms. The predicted molar refractivity (Wildman–Crippen MR) is 53.9 cm³/mol. The van der Waals surface area contributed by atoms with Gasteiger partial charge >= 0.3 is 0 Å². The van der Waals surface area contributed by atoms with Gasteiger partial charge in [0.25, 0.3) is 0 Å². The zero-order chi connectivity index (χ0) is 8.81. The Bertz CT molecular complexity index is 280. The standard InChI is InChI=1S/C10H12N2/c1-3-12-10-7-5-4-6-9(10)8-11-2/h4-8H,2-3H2,1H3/b9-8-,12-10?. The summed E-state index contributed by atoms with van der Waals surface area (Å²) in [5, 5.41) is 0. The number of hydrogen-bond acceptors (Lipinski definition) is 2. The highest BCUT2D eigenvalue weighted by molar-refractivity contribution is 6.11. The van der Waals surface area contributed by atoms with Gasteiger partial charge in [-0.05, 0) is 19.7 Å². The van der Waals surface area contributed by atoms with Gasteiger partial charge in [-0.3, -0.25) is 9.98 Å². The van der Waals surface area contributed by atoms with Crippen molar-refractivity contribution in [3.05, 3.63) is 36.1 Å². The van der Waals surface area contributed by atoms with Crippen LogP contribution in [0.1, 0.15) is 6.92 Å². The lowest BCUT2D eigenvalue weighted by Gasteiger charge is -2.03. The molecule has 0 aromatic rings.